The van der Waals surface area contributed by atoms with E-state index in [1.165, 1.54) is 161 Å². The van der Waals surface area contributed by atoms with Crippen molar-refractivity contribution in [1.29, 1.82) is 0 Å². The zero-order chi connectivity index (χ0) is 85.2. The van der Waals surface area contributed by atoms with Crippen molar-refractivity contribution in [1.82, 2.24) is 0 Å². The van der Waals surface area contributed by atoms with Gasteiger partial charge in [-0.3, -0.25) is 23.5 Å². The monoisotopic (exact) mass is 1820 g/mol. The lowest BCUT2D eigenvalue weighted by atomic mass is 10.1. The average Bonchev–Trinajstić information content (AvgIpc) is 0.918. The van der Waals surface area contributed by atoms with E-state index in [0.717, 1.165) is 175 Å². The Hall–Kier alpha value is -8.40. The highest BCUT2D eigenvalue weighted by molar-refractivity contribution is 7.81. The van der Waals surface area contributed by atoms with Gasteiger partial charge in [0.15, 0.2) is 0 Å². The van der Waals surface area contributed by atoms with Gasteiger partial charge in [-0.2, -0.15) is 0 Å². The van der Waals surface area contributed by atoms with Crippen molar-refractivity contribution in [2.45, 2.75) is 285 Å². The molecule has 0 spiro atoms. The number of unbranched alkanes of at least 4 members (excludes halogenated alkanes) is 25. The molecule has 0 unspecified atom stereocenters. The van der Waals surface area contributed by atoms with Crippen molar-refractivity contribution in [2.75, 3.05) is 33.0 Å². The summed E-state index contributed by atoms with van der Waals surface area (Å²) >= 11 is 21.3. The smallest absolute Gasteiger partial charge is 0.119 e. The minimum Gasteiger partial charge on any atom is -0.494 e. The SMILES string of the molecule is CCCCCCCCOc1ccc(COc2ccc(S)cc2)cc1.CCCCCCCCOc1ccc(COc2ccc(S)cc2)cc1.CCCCCCCCOc1ccc(COc2ccc(S)cc2)cc1.CCCCCCCCOc1ccc(COc2ccc(S)cc2)cc1.CCCCCCCCOc1ccc(COc2ccc(S)cc2)cc1.F.F.F.F.F. The van der Waals surface area contributed by atoms with Gasteiger partial charge in [0.1, 0.15) is 90.5 Å². The molecule has 10 nitrogen and oxygen atoms in total. The molecule has 0 aliphatic heterocycles. The van der Waals surface area contributed by atoms with Crippen molar-refractivity contribution in [3.63, 3.8) is 0 Å². The summed E-state index contributed by atoms with van der Waals surface area (Å²) < 4.78 is 57.8. The molecule has 0 bridgehead atoms. The number of hydrogen-bond acceptors (Lipinski definition) is 15. The van der Waals surface area contributed by atoms with E-state index in [4.69, 9.17) is 47.4 Å². The molecule has 0 fully saturated rings. The van der Waals surface area contributed by atoms with Gasteiger partial charge in [-0.25, -0.2) is 0 Å². The number of ether oxygens (including phenoxy) is 10. The van der Waals surface area contributed by atoms with E-state index < -0.39 is 0 Å². The van der Waals surface area contributed by atoms with E-state index in [1.807, 2.05) is 182 Å². The Labute approximate surface area is 774 Å². The van der Waals surface area contributed by atoms with E-state index >= 15 is 0 Å². The van der Waals surface area contributed by atoms with E-state index in [0.29, 0.717) is 33.0 Å². The van der Waals surface area contributed by atoms with E-state index in [1.54, 1.807) is 0 Å². The first kappa shape index (κ1) is 115. The quantitative estimate of drug-likeness (QED) is 0.0144. The van der Waals surface area contributed by atoms with Crippen LogP contribution in [-0.2, 0) is 33.0 Å². The maximum Gasteiger partial charge on any atom is 0.119 e. The normalized spacial score (nSPS) is 10.2. The lowest BCUT2D eigenvalue weighted by molar-refractivity contribution is 0.300. The van der Waals surface area contributed by atoms with Gasteiger partial charge in [-0.15, -0.1) is 63.1 Å². The molecule has 10 rings (SSSR count). The summed E-state index contributed by atoms with van der Waals surface area (Å²) in [6, 6.07) is 79.4. The molecular weight excluding hydrogens is 1680 g/mol. The summed E-state index contributed by atoms with van der Waals surface area (Å²) in [6.07, 6.45) is 38.6. The molecular formula is C105H145F5O10S5. The highest BCUT2D eigenvalue weighted by Crippen LogP contribution is 2.26. The molecule has 0 radical (unpaired) electrons. The van der Waals surface area contributed by atoms with Crippen LogP contribution in [-0.4, -0.2) is 33.0 Å². The third kappa shape index (κ3) is 57.1. The van der Waals surface area contributed by atoms with Crippen LogP contribution >= 0.6 is 63.1 Å². The van der Waals surface area contributed by atoms with Crippen LogP contribution in [0.25, 0.3) is 0 Å². The van der Waals surface area contributed by atoms with Crippen molar-refractivity contribution in [3.8, 4) is 57.5 Å². The molecule has 0 aliphatic carbocycles. The number of benzene rings is 10. The molecule has 0 saturated heterocycles. The van der Waals surface area contributed by atoms with Gasteiger partial charge in [0.05, 0.1) is 33.0 Å². The Balaban J connectivity index is 0.000000774. The zero-order valence-electron chi connectivity index (χ0n) is 74.7. The van der Waals surface area contributed by atoms with Crippen LogP contribution in [0.4, 0.5) is 23.5 Å². The third-order valence-electron chi connectivity index (χ3n) is 19.7. The maximum absolute atomic E-state index is 5.79. The summed E-state index contributed by atoms with van der Waals surface area (Å²) in [5, 5.41) is 0. The second-order valence-corrected chi connectivity index (χ2v) is 32.8. The molecule has 0 amide bonds. The molecule has 0 saturated carbocycles. The van der Waals surface area contributed by atoms with Crippen LogP contribution in [0.15, 0.2) is 267 Å². The fourth-order valence-corrected chi connectivity index (χ4v) is 13.1. The molecule has 0 N–H and O–H groups in total. The molecule has 10 aromatic rings. The minimum atomic E-state index is 0. The van der Waals surface area contributed by atoms with Gasteiger partial charge in [-0.05, 0) is 242 Å². The highest BCUT2D eigenvalue weighted by Gasteiger charge is 2.07. The van der Waals surface area contributed by atoms with Crippen LogP contribution in [0.3, 0.4) is 0 Å². The highest BCUT2D eigenvalue weighted by atomic mass is 32.1. The van der Waals surface area contributed by atoms with E-state index in [9.17, 15) is 0 Å². The van der Waals surface area contributed by atoms with Crippen LogP contribution in [0.2, 0.25) is 0 Å². The van der Waals surface area contributed by atoms with E-state index in [2.05, 4.69) is 158 Å². The molecule has 690 valence electrons. The summed E-state index contributed by atoms with van der Waals surface area (Å²) in [4.78, 5) is 4.70. The first-order chi connectivity index (χ1) is 58.9. The van der Waals surface area contributed by atoms with Crippen molar-refractivity contribution in [3.05, 3.63) is 270 Å². The van der Waals surface area contributed by atoms with Crippen LogP contribution in [0.5, 0.6) is 57.5 Å². The lowest BCUT2D eigenvalue weighted by Gasteiger charge is -2.09. The number of rotatable bonds is 55. The Morgan fingerprint density at radius 1 is 0.144 bits per heavy atom. The minimum absolute atomic E-state index is 0. The molecule has 0 aromatic heterocycles. The fourth-order valence-electron chi connectivity index (χ4n) is 12.3. The topological polar surface area (TPSA) is 92.3 Å². The predicted molar refractivity (Wildman–Crippen MR) is 529 cm³/mol. The maximum atomic E-state index is 5.79. The molecule has 20 heteroatoms. The van der Waals surface area contributed by atoms with Gasteiger partial charge in [-0.1, -0.05) is 256 Å². The van der Waals surface area contributed by atoms with Crippen LogP contribution < -0.4 is 47.4 Å². The second-order valence-electron chi connectivity index (χ2n) is 30.2. The van der Waals surface area contributed by atoms with Crippen molar-refractivity contribution in [2.24, 2.45) is 0 Å². The van der Waals surface area contributed by atoms with Crippen molar-refractivity contribution >= 4 is 63.1 Å². The third-order valence-corrected chi connectivity index (χ3v) is 21.2. The predicted octanol–water partition coefficient (Wildman–Crippen LogP) is 32.2. The van der Waals surface area contributed by atoms with Crippen LogP contribution in [0, 0.1) is 0 Å². The molecule has 10 aromatic carbocycles. The summed E-state index contributed by atoms with van der Waals surface area (Å²) in [5.41, 5.74) is 5.68. The number of thiol groups is 5. The number of halogens is 5. The molecule has 0 aliphatic rings. The summed E-state index contributed by atoms with van der Waals surface area (Å²) in [5.74, 6) is 8.97. The van der Waals surface area contributed by atoms with Gasteiger partial charge in [0.2, 0.25) is 0 Å². The van der Waals surface area contributed by atoms with Crippen molar-refractivity contribution < 1.29 is 70.9 Å². The Bertz CT molecular complexity index is 3470. The van der Waals surface area contributed by atoms with Gasteiger partial charge >= 0.3 is 0 Å². The molecule has 0 atom stereocenters. The average molecular weight is 1820 g/mol. The van der Waals surface area contributed by atoms with Gasteiger partial charge in [0, 0.05) is 24.5 Å². The second kappa shape index (κ2) is 75.7. The standard InChI is InChI=1S/5C21H28O2S.5FH/c5*1-2-3-4-5-6-7-16-22-19-10-8-18(9-11-19)17-23-20-12-14-21(24)15-13-20;;;;;/h5*8-15,24H,2-7,16-17H2,1H3;5*1H. The van der Waals surface area contributed by atoms with Crippen LogP contribution in [0.1, 0.15) is 255 Å². The zero-order valence-corrected chi connectivity index (χ0v) is 79.2. The largest absolute Gasteiger partial charge is 0.494 e. The number of hydrogen-bond donors (Lipinski definition) is 5. The Morgan fingerprint density at radius 2 is 0.256 bits per heavy atom. The van der Waals surface area contributed by atoms with Gasteiger partial charge in [0.25, 0.3) is 0 Å². The molecule has 0 heterocycles. The fraction of sp³-hybridized carbons (Fsp3) is 0.429. The summed E-state index contributed by atoms with van der Waals surface area (Å²) in [6.45, 7) is 18.0. The molecule has 125 heavy (non-hydrogen) atoms. The van der Waals surface area contributed by atoms with Gasteiger partial charge < -0.3 is 47.4 Å². The Kier molecular flexibility index (Phi) is 69.4. The van der Waals surface area contributed by atoms with E-state index in [-0.39, 0.29) is 23.5 Å². The summed E-state index contributed by atoms with van der Waals surface area (Å²) in [7, 11) is 0. The first-order valence-electron chi connectivity index (χ1n) is 44.6. The lowest BCUT2D eigenvalue weighted by Crippen LogP contribution is -1.98. The Morgan fingerprint density at radius 3 is 0.392 bits per heavy atom. The first-order valence-corrected chi connectivity index (χ1v) is 46.8.